The van der Waals surface area contributed by atoms with Gasteiger partial charge in [0.15, 0.2) is 17.6 Å². The number of nitrogens with zero attached hydrogens (tertiary/aromatic N) is 1. The van der Waals surface area contributed by atoms with Crippen molar-refractivity contribution >= 4 is 17.8 Å². The maximum Gasteiger partial charge on any atom is 0.300 e. The first-order valence-electron chi connectivity index (χ1n) is 11.2. The summed E-state index contributed by atoms with van der Waals surface area (Å²) in [5, 5.41) is 13.8. The fourth-order valence-electron chi connectivity index (χ4n) is 5.81. The van der Waals surface area contributed by atoms with E-state index in [2.05, 4.69) is 15.5 Å². The molecule has 0 aromatic heterocycles. The number of aliphatic carboxylic acids is 1. The number of amides is 2. The van der Waals surface area contributed by atoms with Gasteiger partial charge in [0.1, 0.15) is 6.61 Å². The van der Waals surface area contributed by atoms with Crippen LogP contribution in [0.2, 0.25) is 0 Å². The van der Waals surface area contributed by atoms with Crippen LogP contribution in [-0.4, -0.2) is 79.9 Å². The number of benzene rings is 1. The number of carbonyl (C=O) groups excluding carboxylic acids is 2. The van der Waals surface area contributed by atoms with Gasteiger partial charge in [0, 0.05) is 32.1 Å². The zero-order chi connectivity index (χ0) is 23.7. The van der Waals surface area contributed by atoms with E-state index < -0.39 is 18.1 Å². The molecular formula is C23H31N3O7. The van der Waals surface area contributed by atoms with Crippen LogP contribution in [0.4, 0.5) is 0 Å². The van der Waals surface area contributed by atoms with Crippen LogP contribution in [0.5, 0.6) is 11.5 Å². The minimum atomic E-state index is -0.833. The number of nitrogens with one attached hydrogen (secondary N) is 2. The molecule has 4 heterocycles. The minimum absolute atomic E-state index is 0.00770. The molecular weight excluding hydrogens is 430 g/mol. The van der Waals surface area contributed by atoms with Crippen molar-refractivity contribution in [3.8, 4) is 11.5 Å². The summed E-state index contributed by atoms with van der Waals surface area (Å²) < 4.78 is 16.5. The Balaban J connectivity index is 0.000000601. The number of carbonyl (C=O) groups is 3. The summed E-state index contributed by atoms with van der Waals surface area (Å²) in [6.45, 7) is 2.95. The van der Waals surface area contributed by atoms with Gasteiger partial charge in [0.05, 0.1) is 20.3 Å². The van der Waals surface area contributed by atoms with Crippen molar-refractivity contribution < 1.29 is 33.7 Å². The molecule has 6 atom stereocenters. The van der Waals surface area contributed by atoms with Gasteiger partial charge in [-0.05, 0) is 42.4 Å². The number of hydrogen-bond donors (Lipinski definition) is 3. The van der Waals surface area contributed by atoms with Crippen molar-refractivity contribution in [2.24, 2.45) is 11.8 Å². The maximum atomic E-state index is 13.6. The second kappa shape index (κ2) is 9.56. The molecule has 0 saturated carbocycles. The van der Waals surface area contributed by atoms with Crippen LogP contribution >= 0.6 is 0 Å². The summed E-state index contributed by atoms with van der Waals surface area (Å²) >= 11 is 0. The number of hydrogen-bond acceptors (Lipinski definition) is 7. The van der Waals surface area contributed by atoms with Gasteiger partial charge in [-0.1, -0.05) is 6.07 Å². The Kier molecular flexibility index (Phi) is 6.76. The van der Waals surface area contributed by atoms with Crippen LogP contribution in [0.3, 0.4) is 0 Å². The lowest BCUT2D eigenvalue weighted by atomic mass is 9.82. The monoisotopic (exact) mass is 461 g/mol. The quantitative estimate of drug-likeness (QED) is 0.594. The van der Waals surface area contributed by atoms with E-state index in [4.69, 9.17) is 24.1 Å². The molecule has 0 unspecified atom stereocenters. The zero-order valence-electron chi connectivity index (χ0n) is 19.1. The van der Waals surface area contributed by atoms with Gasteiger partial charge in [-0.2, -0.15) is 0 Å². The molecule has 0 radical (unpaired) electrons. The van der Waals surface area contributed by atoms with Crippen LogP contribution in [-0.2, 0) is 19.1 Å². The Labute approximate surface area is 192 Å². The predicted molar refractivity (Wildman–Crippen MR) is 117 cm³/mol. The highest BCUT2D eigenvalue weighted by Gasteiger charge is 2.58. The summed E-state index contributed by atoms with van der Waals surface area (Å²) in [7, 11) is 3.14. The number of morpholine rings is 1. The third-order valence-electron chi connectivity index (χ3n) is 7.05. The third kappa shape index (κ3) is 4.37. The van der Waals surface area contributed by atoms with E-state index in [1.165, 1.54) is 0 Å². The SMILES string of the molecule is CC(=O)O.COc1ccc([C@H]2NC(=O)CO[C@@H]2C(=O)N2[C@@H]3CC[C@H]2[C@H]2CNC[C@H]23)cc1OC. The zero-order valence-corrected chi connectivity index (χ0v) is 19.1. The van der Waals surface area contributed by atoms with Crippen molar-refractivity contribution in [1.29, 1.82) is 0 Å². The van der Waals surface area contributed by atoms with Crippen LogP contribution < -0.4 is 20.1 Å². The number of carboxylic acid groups (broad SMARTS) is 1. The summed E-state index contributed by atoms with van der Waals surface area (Å²) in [4.78, 5) is 36.8. The molecule has 10 nitrogen and oxygen atoms in total. The van der Waals surface area contributed by atoms with Gasteiger partial charge in [0.2, 0.25) is 5.91 Å². The third-order valence-corrected chi connectivity index (χ3v) is 7.05. The molecule has 33 heavy (non-hydrogen) atoms. The van der Waals surface area contributed by atoms with Crippen LogP contribution in [0.15, 0.2) is 18.2 Å². The average molecular weight is 462 g/mol. The lowest BCUT2D eigenvalue weighted by Crippen LogP contribution is -2.55. The first-order valence-corrected chi connectivity index (χ1v) is 11.2. The van der Waals surface area contributed by atoms with Crippen molar-refractivity contribution in [3.05, 3.63) is 23.8 Å². The topological polar surface area (TPSA) is 126 Å². The molecule has 2 bridgehead atoms. The Morgan fingerprint density at radius 1 is 1.09 bits per heavy atom. The van der Waals surface area contributed by atoms with Gasteiger partial charge in [-0.25, -0.2) is 0 Å². The van der Waals surface area contributed by atoms with Gasteiger partial charge < -0.3 is 34.9 Å². The Bertz CT molecular complexity index is 901. The standard InChI is InChI=1S/C21H27N3O5.C2H4O2/c1-27-16-6-3-11(7-17(16)28-2)19-20(29-10-18(25)23-19)21(26)24-14-4-5-15(24)13-9-22-8-12(13)14;1-2(3)4/h3,6-7,12-15,19-20,22H,4-5,8-10H2,1-2H3,(H,23,25);1H3,(H,3,4)/t12-,13+,14-,15+,19-,20+;/m1./s1. The lowest BCUT2D eigenvalue weighted by Gasteiger charge is -2.36. The summed E-state index contributed by atoms with van der Waals surface area (Å²) in [5.74, 6) is 1.16. The van der Waals surface area contributed by atoms with E-state index in [0.717, 1.165) is 38.4 Å². The molecule has 0 spiro atoms. The van der Waals surface area contributed by atoms with Gasteiger partial charge in [-0.3, -0.25) is 14.4 Å². The fraction of sp³-hybridized carbons (Fsp3) is 0.609. The molecule has 4 aliphatic rings. The highest BCUT2D eigenvalue weighted by atomic mass is 16.5. The summed E-state index contributed by atoms with van der Waals surface area (Å²) in [6, 6.07) is 5.43. The number of fused-ring (bicyclic) bond motifs is 5. The predicted octanol–water partition coefficient (Wildman–Crippen LogP) is 0.560. The van der Waals surface area contributed by atoms with Crippen LogP contribution in [0.25, 0.3) is 0 Å². The van der Waals surface area contributed by atoms with E-state index in [0.29, 0.717) is 23.3 Å². The molecule has 180 valence electrons. The molecule has 2 amide bonds. The largest absolute Gasteiger partial charge is 0.493 e. The van der Waals surface area contributed by atoms with Crippen molar-refractivity contribution in [3.63, 3.8) is 0 Å². The van der Waals surface area contributed by atoms with E-state index in [1.807, 2.05) is 6.07 Å². The smallest absolute Gasteiger partial charge is 0.300 e. The summed E-state index contributed by atoms with van der Waals surface area (Å²) in [5.41, 5.74) is 0.766. The average Bonchev–Trinajstić information content (AvgIpc) is 3.50. The van der Waals surface area contributed by atoms with Gasteiger partial charge in [0.25, 0.3) is 11.9 Å². The first-order chi connectivity index (χ1) is 15.8. The number of ether oxygens (including phenoxy) is 3. The highest BCUT2D eigenvalue weighted by molar-refractivity contribution is 5.87. The van der Waals surface area contributed by atoms with Crippen LogP contribution in [0.1, 0.15) is 31.4 Å². The molecule has 4 aliphatic heterocycles. The second-order valence-corrected chi connectivity index (χ2v) is 8.85. The molecule has 1 aromatic carbocycles. The van der Waals surface area contributed by atoms with Gasteiger partial charge in [-0.15, -0.1) is 0 Å². The second-order valence-electron chi connectivity index (χ2n) is 8.85. The lowest BCUT2D eigenvalue weighted by molar-refractivity contribution is -0.156. The maximum absolute atomic E-state index is 13.6. The molecule has 3 N–H and O–H groups in total. The fourth-order valence-corrected chi connectivity index (χ4v) is 5.81. The van der Waals surface area contributed by atoms with E-state index in [-0.39, 0.29) is 30.5 Å². The van der Waals surface area contributed by atoms with E-state index in [1.54, 1.807) is 26.4 Å². The molecule has 10 heteroatoms. The van der Waals surface area contributed by atoms with E-state index >= 15 is 0 Å². The number of rotatable bonds is 4. The molecule has 1 aromatic rings. The Hall–Kier alpha value is -2.85. The number of methoxy groups -OCH3 is 2. The van der Waals surface area contributed by atoms with Crippen molar-refractivity contribution in [1.82, 2.24) is 15.5 Å². The van der Waals surface area contributed by atoms with Crippen molar-refractivity contribution in [2.75, 3.05) is 33.9 Å². The normalized spacial score (nSPS) is 31.8. The van der Waals surface area contributed by atoms with Crippen LogP contribution in [0, 0.1) is 11.8 Å². The molecule has 4 fully saturated rings. The van der Waals surface area contributed by atoms with Gasteiger partial charge >= 0.3 is 0 Å². The minimum Gasteiger partial charge on any atom is -0.493 e. The van der Waals surface area contributed by atoms with E-state index in [9.17, 15) is 9.59 Å². The molecule has 4 saturated heterocycles. The highest BCUT2D eigenvalue weighted by Crippen LogP contribution is 2.48. The molecule has 5 rings (SSSR count). The van der Waals surface area contributed by atoms with Crippen molar-refractivity contribution in [2.45, 2.75) is 44.0 Å². The molecule has 0 aliphatic carbocycles. The summed E-state index contributed by atoms with van der Waals surface area (Å²) in [6.07, 6.45) is 1.37. The Morgan fingerprint density at radius 3 is 2.27 bits per heavy atom. The first kappa shape index (κ1) is 23.3. The Morgan fingerprint density at radius 2 is 1.70 bits per heavy atom. The number of carboxylic acids is 1.